The quantitative estimate of drug-likeness (QED) is 0.0342. The van der Waals surface area contributed by atoms with Gasteiger partial charge in [0.25, 0.3) is 0 Å². The highest BCUT2D eigenvalue weighted by molar-refractivity contribution is 6.00. The van der Waals surface area contributed by atoms with Crippen LogP contribution in [0.15, 0.2) is 24.3 Å². The number of aromatic hydroxyl groups is 1. The zero-order valence-electron chi connectivity index (χ0n) is 62.1. The van der Waals surface area contributed by atoms with Crippen molar-refractivity contribution in [3.8, 4) is 5.75 Å². The van der Waals surface area contributed by atoms with Gasteiger partial charge < -0.3 is 102 Å². The number of benzene rings is 1. The molecule has 0 radical (unpaired) electrons. The summed E-state index contributed by atoms with van der Waals surface area (Å²) in [6, 6.07) is -10.5. The number of carbonyl (C=O) groups excluding carboxylic acids is 12. The molecule has 0 spiro atoms. The fourth-order valence-corrected chi connectivity index (χ4v) is 11.2. The number of hydrogen-bond acceptors (Lipinski definition) is 19. The van der Waals surface area contributed by atoms with Gasteiger partial charge in [-0.25, -0.2) is 4.79 Å². The van der Waals surface area contributed by atoms with Crippen molar-refractivity contribution in [3.63, 3.8) is 0 Å². The van der Waals surface area contributed by atoms with Crippen LogP contribution >= 0.6 is 0 Å². The molecule has 1 aliphatic rings. The van der Waals surface area contributed by atoms with Crippen LogP contribution in [0.25, 0.3) is 0 Å². The second kappa shape index (κ2) is 46.5. The highest BCUT2D eigenvalue weighted by Crippen LogP contribution is 2.18. The Morgan fingerprint density at radius 3 is 1.25 bits per heavy atom. The molecule has 12 amide bonds. The predicted molar refractivity (Wildman–Crippen MR) is 383 cm³/mol. The van der Waals surface area contributed by atoms with Gasteiger partial charge in [-0.05, 0) is 171 Å². The summed E-state index contributed by atoms with van der Waals surface area (Å²) < 4.78 is 0. The van der Waals surface area contributed by atoms with E-state index in [1.165, 1.54) is 45.0 Å². The van der Waals surface area contributed by atoms with Crippen molar-refractivity contribution in [2.45, 2.75) is 271 Å². The number of nitrogens with one attached hydrogen (secondary N) is 13. The zero-order valence-corrected chi connectivity index (χ0v) is 62.1. The van der Waals surface area contributed by atoms with Gasteiger partial charge in [0.15, 0.2) is 0 Å². The van der Waals surface area contributed by atoms with Gasteiger partial charge in [-0.2, -0.15) is 0 Å². The van der Waals surface area contributed by atoms with E-state index in [4.69, 9.17) is 17.2 Å². The molecular formula is C70H122N16O16. The highest BCUT2D eigenvalue weighted by atomic mass is 16.4. The minimum Gasteiger partial charge on any atom is -0.508 e. The standard InChI is InChI=1S/C70H122N16O16/c1-14-40(9)55(84-67(98)54(39(7)8)83-66(97)53(38(5)6)82-63(94)50(25-18-21-33-73)77-60(91)47-26-22-34-74-47)68(99)81-51(35-37(3)4)64(95)79-49(24-17-20-32-72)62(93)78-48(23-16-19-31-71)61(92)75-43(12)59(90)86-57(44(13)87)69(100)76-42(11)58(89)80-52(36-45-27-29-46(88)30-28-45)65(96)85-56(70(101)102)41(10)15-2/h27-30,37-44,47-57,74,87-88H,14-26,31-36,71-73H2,1-13H3,(H,75,92)(H,76,100)(H,77,91)(H,78,93)(H,79,95)(H,80,89)(H,81,99)(H,82,94)(H,83,97)(H,84,98)(H,85,96)(H,86,90)(H,101,102)/t40-,41-,42-,43-,44+,47-,48-,49-,50-,51-,52-,53-,54-,55-,56-,57-/m0/s1. The molecule has 1 aromatic rings. The number of nitrogens with two attached hydrogens (primary N) is 3. The number of rotatable bonds is 48. The summed E-state index contributed by atoms with van der Waals surface area (Å²) >= 11 is 0. The molecule has 1 aromatic carbocycles. The number of phenols is 1. The summed E-state index contributed by atoms with van der Waals surface area (Å²) in [5.74, 6) is -12.9. The van der Waals surface area contributed by atoms with Gasteiger partial charge in [0, 0.05) is 6.42 Å². The molecule has 0 unspecified atom stereocenters. The van der Waals surface area contributed by atoms with Crippen LogP contribution in [0.4, 0.5) is 0 Å². The average molecular weight is 1440 g/mol. The lowest BCUT2D eigenvalue weighted by Gasteiger charge is -2.31. The second-order valence-electron chi connectivity index (χ2n) is 28.0. The molecule has 0 bridgehead atoms. The van der Waals surface area contributed by atoms with Crippen LogP contribution in [0.1, 0.15) is 185 Å². The van der Waals surface area contributed by atoms with Gasteiger partial charge >= 0.3 is 5.97 Å². The summed E-state index contributed by atoms with van der Waals surface area (Å²) in [7, 11) is 0. The Bertz CT molecular complexity index is 2880. The molecule has 1 heterocycles. The van der Waals surface area contributed by atoms with E-state index in [1.54, 1.807) is 55.4 Å². The summed E-state index contributed by atoms with van der Waals surface area (Å²) in [5.41, 5.74) is 17.9. The number of amides is 12. The van der Waals surface area contributed by atoms with Crippen LogP contribution in [-0.2, 0) is 68.7 Å². The number of hydrogen-bond donors (Lipinski definition) is 19. The first-order chi connectivity index (χ1) is 48.0. The van der Waals surface area contributed by atoms with E-state index in [1.807, 2.05) is 13.8 Å². The summed E-state index contributed by atoms with van der Waals surface area (Å²) in [5, 5.41) is 65.4. The van der Waals surface area contributed by atoms with Crippen LogP contribution < -0.4 is 86.3 Å². The minimum absolute atomic E-state index is 0.00150. The SMILES string of the molecule is CC[C@H](C)[C@H](NC(=O)[C@H](Cc1ccc(O)cc1)NC(=O)[C@H](C)NC(=O)[C@@H](NC(=O)[C@H](C)NC(=O)[C@H](CCCCN)NC(=O)[C@H](CCCCN)NC(=O)[C@H](CC(C)C)NC(=O)[C@@H](NC(=O)[C@@H](NC(=O)[C@@H](NC(=O)[C@H](CCCCN)NC(=O)[C@@H]1CCCN1)C(C)C)C(C)C)[C@@H](C)CC)[C@@H](C)O)C(=O)O. The Morgan fingerprint density at radius 2 is 0.804 bits per heavy atom. The Labute approximate surface area is 600 Å². The van der Waals surface area contributed by atoms with Crippen molar-refractivity contribution in [2.24, 2.45) is 46.8 Å². The third kappa shape index (κ3) is 31.3. The molecule has 16 atom stereocenters. The molecule has 578 valence electrons. The first-order valence-corrected chi connectivity index (χ1v) is 36.2. The third-order valence-electron chi connectivity index (χ3n) is 18.1. The van der Waals surface area contributed by atoms with E-state index in [9.17, 15) is 77.6 Å². The normalized spacial score (nSPS) is 17.3. The maximum Gasteiger partial charge on any atom is 0.326 e. The molecule has 1 saturated heterocycles. The molecule has 1 fully saturated rings. The monoisotopic (exact) mass is 1440 g/mol. The maximum absolute atomic E-state index is 14.6. The smallest absolute Gasteiger partial charge is 0.326 e. The molecule has 0 saturated carbocycles. The molecule has 32 nitrogen and oxygen atoms in total. The van der Waals surface area contributed by atoms with Crippen LogP contribution in [-0.4, -0.2) is 203 Å². The van der Waals surface area contributed by atoms with Gasteiger partial charge in [-0.15, -0.1) is 0 Å². The second-order valence-corrected chi connectivity index (χ2v) is 28.0. The van der Waals surface area contributed by atoms with Crippen LogP contribution in [0, 0.1) is 29.6 Å². The molecule has 32 heteroatoms. The maximum atomic E-state index is 14.6. The van der Waals surface area contributed by atoms with Crippen molar-refractivity contribution >= 4 is 76.9 Å². The molecule has 0 aliphatic carbocycles. The topological polar surface area (TPSA) is 517 Å². The first-order valence-electron chi connectivity index (χ1n) is 36.2. The lowest BCUT2D eigenvalue weighted by Crippen LogP contribution is -2.62. The lowest BCUT2D eigenvalue weighted by atomic mass is 9.95. The Balaban J connectivity index is 2.35. The minimum atomic E-state index is -1.72. The van der Waals surface area contributed by atoms with Gasteiger partial charge in [0.05, 0.1) is 12.1 Å². The van der Waals surface area contributed by atoms with Crippen molar-refractivity contribution < 1.29 is 77.6 Å². The lowest BCUT2D eigenvalue weighted by molar-refractivity contribution is -0.144. The molecular weight excluding hydrogens is 1320 g/mol. The fraction of sp³-hybridized carbons (Fsp3) is 0.729. The van der Waals surface area contributed by atoms with E-state index in [0.717, 1.165) is 6.42 Å². The summed E-state index contributed by atoms with van der Waals surface area (Å²) in [6.45, 7) is 22.6. The van der Waals surface area contributed by atoms with Crippen LogP contribution in [0.2, 0.25) is 0 Å². The average Bonchev–Trinajstić information content (AvgIpc) is 0.862. The number of carbonyl (C=O) groups is 13. The number of aliphatic hydroxyl groups is 1. The summed E-state index contributed by atoms with van der Waals surface area (Å²) in [4.78, 5) is 180. The number of unbranched alkanes of at least 4 members (excludes halogenated alkanes) is 3. The molecule has 102 heavy (non-hydrogen) atoms. The molecule has 1 aliphatic heterocycles. The summed E-state index contributed by atoms with van der Waals surface area (Å²) in [6.07, 6.45) is 3.45. The number of aliphatic carboxylic acids is 1. The first kappa shape index (κ1) is 90.0. The number of aliphatic hydroxyl groups excluding tert-OH is 1. The zero-order chi connectivity index (χ0) is 77.1. The van der Waals surface area contributed by atoms with E-state index in [-0.39, 0.29) is 62.8 Å². The van der Waals surface area contributed by atoms with E-state index < -0.39 is 179 Å². The highest BCUT2D eigenvalue weighted by Gasteiger charge is 2.39. The Morgan fingerprint density at radius 1 is 0.441 bits per heavy atom. The molecule has 22 N–H and O–H groups in total. The van der Waals surface area contributed by atoms with Gasteiger partial charge in [-0.1, -0.05) is 94.2 Å². The van der Waals surface area contributed by atoms with Crippen LogP contribution in [0.3, 0.4) is 0 Å². The molecule has 0 aromatic heterocycles. The van der Waals surface area contributed by atoms with Crippen LogP contribution in [0.5, 0.6) is 5.75 Å². The van der Waals surface area contributed by atoms with Gasteiger partial charge in [-0.3, -0.25) is 57.5 Å². The Kier molecular flexibility index (Phi) is 41.1. The number of carboxylic acids is 1. The fourth-order valence-electron chi connectivity index (χ4n) is 11.2. The predicted octanol–water partition coefficient (Wildman–Crippen LogP) is -1.15. The van der Waals surface area contributed by atoms with E-state index in [0.29, 0.717) is 76.4 Å². The third-order valence-corrected chi connectivity index (χ3v) is 18.1. The van der Waals surface area contributed by atoms with E-state index in [2.05, 4.69) is 69.1 Å². The van der Waals surface area contributed by atoms with E-state index >= 15 is 0 Å². The van der Waals surface area contributed by atoms with Gasteiger partial charge in [0.1, 0.15) is 78.3 Å². The van der Waals surface area contributed by atoms with Crippen molar-refractivity contribution in [3.05, 3.63) is 29.8 Å². The van der Waals surface area contributed by atoms with Gasteiger partial charge in [0.2, 0.25) is 70.9 Å². The number of phenolic OH excluding ortho intramolecular Hbond substituents is 1. The Hall–Kier alpha value is -8.07. The van der Waals surface area contributed by atoms with Crippen molar-refractivity contribution in [1.29, 1.82) is 0 Å². The van der Waals surface area contributed by atoms with Crippen molar-refractivity contribution in [1.82, 2.24) is 69.1 Å². The van der Waals surface area contributed by atoms with Crippen molar-refractivity contribution in [2.75, 3.05) is 26.2 Å². The number of carboxylic acid groups (broad SMARTS) is 1. The molecule has 2 rings (SSSR count). The largest absolute Gasteiger partial charge is 0.508 e.